The molecule has 0 radical (unpaired) electrons. The quantitative estimate of drug-likeness (QED) is 0.644. The van der Waals surface area contributed by atoms with Gasteiger partial charge in [0.05, 0.1) is 16.9 Å². The summed E-state index contributed by atoms with van der Waals surface area (Å²) >= 11 is 11.9. The van der Waals surface area contributed by atoms with Crippen LogP contribution in [0.15, 0.2) is 51.9 Å². The molecule has 4 nitrogen and oxygen atoms in total. The molecular formula is C17H12Cl2N2O2. The summed E-state index contributed by atoms with van der Waals surface area (Å²) in [5, 5.41) is 10.8. The number of benzene rings is 2. The van der Waals surface area contributed by atoms with Gasteiger partial charge < -0.3 is 9.52 Å². The normalized spacial score (nSPS) is 11.3. The van der Waals surface area contributed by atoms with E-state index in [9.17, 15) is 5.11 Å². The number of hydrogen-bond acceptors (Lipinski definition) is 4. The van der Waals surface area contributed by atoms with Crippen molar-refractivity contribution in [1.29, 1.82) is 0 Å². The largest absolute Gasteiger partial charge is 0.479 e. The summed E-state index contributed by atoms with van der Waals surface area (Å²) in [6.45, 7) is 1.99. The summed E-state index contributed by atoms with van der Waals surface area (Å²) < 4.78 is 5.28. The van der Waals surface area contributed by atoms with E-state index >= 15 is 0 Å². The molecule has 116 valence electrons. The minimum atomic E-state index is -0.297. The van der Waals surface area contributed by atoms with Crippen LogP contribution in [0.2, 0.25) is 10.0 Å². The molecular weight excluding hydrogens is 335 g/mol. The van der Waals surface area contributed by atoms with E-state index in [1.54, 1.807) is 18.2 Å². The van der Waals surface area contributed by atoms with Crippen molar-refractivity contribution in [2.24, 2.45) is 4.99 Å². The van der Waals surface area contributed by atoms with Crippen LogP contribution in [0.3, 0.4) is 0 Å². The fourth-order valence-electron chi connectivity index (χ4n) is 1.94. The van der Waals surface area contributed by atoms with Crippen molar-refractivity contribution in [1.82, 2.24) is 4.98 Å². The van der Waals surface area contributed by atoms with E-state index in [-0.39, 0.29) is 11.6 Å². The van der Waals surface area contributed by atoms with Crippen LogP contribution in [0, 0.1) is 6.92 Å². The van der Waals surface area contributed by atoms with E-state index in [0.29, 0.717) is 21.6 Å². The molecule has 0 aliphatic rings. The highest BCUT2D eigenvalue weighted by Crippen LogP contribution is 2.29. The second kappa shape index (κ2) is 6.44. The average Bonchev–Trinajstić information content (AvgIpc) is 2.88. The maximum absolute atomic E-state index is 9.86. The fraction of sp³-hybridized carbons (Fsp3) is 0.0588. The van der Waals surface area contributed by atoms with Gasteiger partial charge >= 0.3 is 5.95 Å². The minimum Gasteiger partial charge on any atom is -0.479 e. The molecule has 0 saturated carbocycles. The van der Waals surface area contributed by atoms with Crippen LogP contribution in [0.4, 0.5) is 5.69 Å². The molecule has 1 aromatic heterocycles. The summed E-state index contributed by atoms with van der Waals surface area (Å²) in [6, 6.07) is 12.6. The molecule has 0 amide bonds. The molecule has 2 aromatic carbocycles. The monoisotopic (exact) mass is 346 g/mol. The topological polar surface area (TPSA) is 58.6 Å². The molecule has 0 fully saturated rings. The van der Waals surface area contributed by atoms with Gasteiger partial charge in [-0.1, -0.05) is 40.9 Å². The number of aromatic nitrogens is 1. The van der Waals surface area contributed by atoms with Crippen molar-refractivity contribution in [2.45, 2.75) is 6.92 Å². The SMILES string of the molecule is Cc1ccc(-c2nc(C=Nc3ccc(Cl)cc3Cl)c(O)o2)cc1. The Bertz CT molecular complexity index is 871. The number of oxazole rings is 1. The first-order valence-corrected chi connectivity index (χ1v) is 7.54. The van der Waals surface area contributed by atoms with Gasteiger partial charge in [0.2, 0.25) is 5.89 Å². The lowest BCUT2D eigenvalue weighted by Crippen LogP contribution is -1.83. The molecule has 0 aliphatic carbocycles. The minimum absolute atomic E-state index is 0.228. The number of aryl methyl sites for hydroxylation is 1. The fourth-order valence-corrected chi connectivity index (χ4v) is 2.40. The molecule has 0 atom stereocenters. The van der Waals surface area contributed by atoms with Crippen LogP contribution >= 0.6 is 23.2 Å². The summed E-state index contributed by atoms with van der Waals surface area (Å²) in [5.74, 6) is 0.0283. The van der Waals surface area contributed by atoms with Gasteiger partial charge in [0.1, 0.15) is 0 Å². The number of aromatic hydroxyl groups is 1. The van der Waals surface area contributed by atoms with Gasteiger partial charge in [-0.05, 0) is 37.3 Å². The third-order valence-corrected chi connectivity index (χ3v) is 3.71. The summed E-state index contributed by atoms with van der Waals surface area (Å²) in [4.78, 5) is 8.44. The van der Waals surface area contributed by atoms with Crippen molar-refractivity contribution in [3.05, 3.63) is 63.8 Å². The predicted octanol–water partition coefficient (Wildman–Crippen LogP) is 5.41. The first-order valence-electron chi connectivity index (χ1n) is 6.79. The number of halogens is 2. The number of hydrogen-bond donors (Lipinski definition) is 1. The zero-order chi connectivity index (χ0) is 16.4. The predicted molar refractivity (Wildman–Crippen MR) is 92.1 cm³/mol. The Kier molecular flexibility index (Phi) is 4.37. The number of rotatable bonds is 3. The molecule has 1 heterocycles. The first kappa shape index (κ1) is 15.6. The molecule has 0 aliphatic heterocycles. The maximum Gasteiger partial charge on any atom is 0.312 e. The zero-order valence-electron chi connectivity index (χ0n) is 12.1. The van der Waals surface area contributed by atoms with Crippen LogP contribution in [0.5, 0.6) is 5.95 Å². The van der Waals surface area contributed by atoms with E-state index in [1.807, 2.05) is 31.2 Å². The number of nitrogens with zero attached hydrogens (tertiary/aromatic N) is 2. The standard InChI is InChI=1S/C17H12Cl2N2O2/c1-10-2-4-11(5-3-10)16-21-15(17(22)23-16)9-20-14-7-6-12(18)8-13(14)19/h2-9,22H,1H3. The van der Waals surface area contributed by atoms with E-state index in [1.165, 1.54) is 6.21 Å². The molecule has 6 heteroatoms. The maximum atomic E-state index is 9.86. The van der Waals surface area contributed by atoms with Crippen LogP contribution in [-0.4, -0.2) is 16.3 Å². The van der Waals surface area contributed by atoms with Gasteiger partial charge in [-0.2, -0.15) is 0 Å². The van der Waals surface area contributed by atoms with Crippen molar-refractivity contribution in [3.8, 4) is 17.4 Å². The van der Waals surface area contributed by atoms with E-state index < -0.39 is 0 Å². The lowest BCUT2D eigenvalue weighted by molar-refractivity contribution is 0.337. The Labute approximate surface area is 143 Å². The Balaban J connectivity index is 1.89. The Hall–Kier alpha value is -2.30. The highest BCUT2D eigenvalue weighted by Gasteiger charge is 2.12. The van der Waals surface area contributed by atoms with Crippen molar-refractivity contribution in [3.63, 3.8) is 0 Å². The summed E-state index contributed by atoms with van der Waals surface area (Å²) in [6.07, 6.45) is 1.39. The molecule has 0 spiro atoms. The van der Waals surface area contributed by atoms with Crippen LogP contribution in [-0.2, 0) is 0 Å². The molecule has 23 heavy (non-hydrogen) atoms. The molecule has 0 saturated heterocycles. The molecule has 3 rings (SSSR count). The van der Waals surface area contributed by atoms with Crippen LogP contribution in [0.1, 0.15) is 11.3 Å². The van der Waals surface area contributed by atoms with Gasteiger partial charge in [-0.3, -0.25) is 4.99 Å². The Morgan fingerprint density at radius 3 is 2.57 bits per heavy atom. The average molecular weight is 347 g/mol. The Morgan fingerprint density at radius 2 is 1.87 bits per heavy atom. The highest BCUT2D eigenvalue weighted by molar-refractivity contribution is 6.36. The lowest BCUT2D eigenvalue weighted by atomic mass is 10.1. The molecule has 0 unspecified atom stereocenters. The highest BCUT2D eigenvalue weighted by atomic mass is 35.5. The van der Waals surface area contributed by atoms with Gasteiger partial charge in [0.15, 0.2) is 5.69 Å². The van der Waals surface area contributed by atoms with Gasteiger partial charge in [0, 0.05) is 10.6 Å². The van der Waals surface area contributed by atoms with Crippen molar-refractivity contribution in [2.75, 3.05) is 0 Å². The summed E-state index contributed by atoms with van der Waals surface area (Å²) in [5.41, 5.74) is 2.65. The van der Waals surface area contributed by atoms with E-state index in [0.717, 1.165) is 11.1 Å². The summed E-state index contributed by atoms with van der Waals surface area (Å²) in [7, 11) is 0. The second-order valence-electron chi connectivity index (χ2n) is 4.93. The van der Waals surface area contributed by atoms with Crippen LogP contribution in [0.25, 0.3) is 11.5 Å². The van der Waals surface area contributed by atoms with Gasteiger partial charge in [-0.25, -0.2) is 4.98 Å². The van der Waals surface area contributed by atoms with Gasteiger partial charge in [-0.15, -0.1) is 0 Å². The van der Waals surface area contributed by atoms with Gasteiger partial charge in [0.25, 0.3) is 0 Å². The van der Waals surface area contributed by atoms with E-state index in [4.69, 9.17) is 27.6 Å². The van der Waals surface area contributed by atoms with Crippen molar-refractivity contribution >= 4 is 35.1 Å². The Morgan fingerprint density at radius 1 is 1.13 bits per heavy atom. The first-order chi connectivity index (χ1) is 11.0. The molecule has 0 bridgehead atoms. The third kappa shape index (κ3) is 3.55. The number of aliphatic imine (C=N–C) groups is 1. The molecule has 1 N–H and O–H groups in total. The third-order valence-electron chi connectivity index (χ3n) is 3.17. The second-order valence-corrected chi connectivity index (χ2v) is 5.77. The van der Waals surface area contributed by atoms with Crippen LogP contribution < -0.4 is 0 Å². The lowest BCUT2D eigenvalue weighted by Gasteiger charge is -1.97. The molecule has 3 aromatic rings. The smallest absolute Gasteiger partial charge is 0.312 e. The zero-order valence-corrected chi connectivity index (χ0v) is 13.6. The van der Waals surface area contributed by atoms with Crippen molar-refractivity contribution < 1.29 is 9.52 Å². The van der Waals surface area contributed by atoms with E-state index in [2.05, 4.69) is 9.98 Å².